The van der Waals surface area contributed by atoms with Gasteiger partial charge in [0.2, 0.25) is 0 Å². The lowest BCUT2D eigenvalue weighted by Gasteiger charge is -2.13. The van der Waals surface area contributed by atoms with E-state index in [9.17, 15) is 22.7 Å². The van der Waals surface area contributed by atoms with Crippen LogP contribution in [0.1, 0.15) is 17.2 Å². The number of benzene rings is 2. The fourth-order valence-electron chi connectivity index (χ4n) is 1.73. The molecule has 6 heteroatoms. The van der Waals surface area contributed by atoms with Gasteiger partial charge in [0, 0.05) is 0 Å². The Morgan fingerprint density at radius 2 is 1.71 bits per heavy atom. The van der Waals surface area contributed by atoms with Crippen molar-refractivity contribution in [1.82, 2.24) is 0 Å². The molecular formula is C15H12F4O2. The van der Waals surface area contributed by atoms with E-state index in [-0.39, 0.29) is 12.4 Å². The average molecular weight is 300 g/mol. The predicted molar refractivity (Wildman–Crippen MR) is 68.3 cm³/mol. The van der Waals surface area contributed by atoms with Gasteiger partial charge in [0.25, 0.3) is 0 Å². The summed E-state index contributed by atoms with van der Waals surface area (Å²) in [7, 11) is 0. The summed E-state index contributed by atoms with van der Waals surface area (Å²) in [5.74, 6) is -0.292. The van der Waals surface area contributed by atoms with Gasteiger partial charge in [0.1, 0.15) is 24.3 Å². The highest BCUT2D eigenvalue weighted by Gasteiger charge is 2.30. The molecule has 1 unspecified atom stereocenters. The fourth-order valence-corrected chi connectivity index (χ4v) is 1.73. The molecule has 1 N–H and O–H groups in total. The van der Waals surface area contributed by atoms with Crippen molar-refractivity contribution >= 4 is 0 Å². The molecule has 2 aromatic carbocycles. The standard InChI is InChI=1S/C15H12F4O2/c16-12-3-1-2-10(8-12)14(20)9-21-13-6-4-11(5-7-13)15(17,18)19/h1-8,14,20H,9H2. The third-order valence-corrected chi connectivity index (χ3v) is 2.82. The van der Waals surface area contributed by atoms with E-state index in [0.29, 0.717) is 5.56 Å². The number of hydrogen-bond acceptors (Lipinski definition) is 2. The van der Waals surface area contributed by atoms with Crippen LogP contribution in [0.5, 0.6) is 5.75 Å². The van der Waals surface area contributed by atoms with Crippen LogP contribution in [0.4, 0.5) is 17.6 Å². The second-order valence-corrected chi connectivity index (χ2v) is 4.40. The molecular weight excluding hydrogens is 288 g/mol. The minimum absolute atomic E-state index is 0.186. The summed E-state index contributed by atoms with van der Waals surface area (Å²) in [5.41, 5.74) is -0.442. The van der Waals surface area contributed by atoms with Gasteiger partial charge in [-0.25, -0.2) is 4.39 Å². The number of hydrogen-bond donors (Lipinski definition) is 1. The Bertz CT molecular complexity index is 593. The molecule has 0 saturated heterocycles. The van der Waals surface area contributed by atoms with Gasteiger partial charge in [-0.3, -0.25) is 0 Å². The van der Waals surface area contributed by atoms with E-state index in [4.69, 9.17) is 4.74 Å². The zero-order chi connectivity index (χ0) is 15.5. The molecule has 0 aliphatic heterocycles. The van der Waals surface area contributed by atoms with Crippen LogP contribution in [0.2, 0.25) is 0 Å². The first kappa shape index (κ1) is 15.3. The molecule has 0 radical (unpaired) electrons. The molecule has 0 aliphatic rings. The van der Waals surface area contributed by atoms with Gasteiger partial charge >= 0.3 is 6.18 Å². The maximum absolute atomic E-state index is 13.0. The van der Waals surface area contributed by atoms with Crippen molar-refractivity contribution in [1.29, 1.82) is 0 Å². The van der Waals surface area contributed by atoms with Gasteiger partial charge in [0.05, 0.1) is 5.56 Å². The normalized spacial score (nSPS) is 13.0. The minimum Gasteiger partial charge on any atom is -0.491 e. The van der Waals surface area contributed by atoms with E-state index in [1.54, 1.807) is 0 Å². The molecule has 0 heterocycles. The Labute approximate surface area is 118 Å². The molecule has 21 heavy (non-hydrogen) atoms. The second-order valence-electron chi connectivity index (χ2n) is 4.40. The van der Waals surface area contributed by atoms with Crippen LogP contribution in [0.15, 0.2) is 48.5 Å². The van der Waals surface area contributed by atoms with E-state index in [1.165, 1.54) is 36.4 Å². The first-order valence-electron chi connectivity index (χ1n) is 6.10. The summed E-state index contributed by atoms with van der Waals surface area (Å²) in [6, 6.07) is 9.51. The lowest BCUT2D eigenvalue weighted by molar-refractivity contribution is -0.137. The fraction of sp³-hybridized carbons (Fsp3) is 0.200. The maximum Gasteiger partial charge on any atom is 0.416 e. The average Bonchev–Trinajstić information content (AvgIpc) is 2.44. The number of aliphatic hydroxyl groups is 1. The molecule has 0 bridgehead atoms. The topological polar surface area (TPSA) is 29.5 Å². The maximum atomic E-state index is 13.0. The summed E-state index contributed by atoms with van der Waals surface area (Å²) in [5, 5.41) is 9.82. The molecule has 0 spiro atoms. The van der Waals surface area contributed by atoms with Gasteiger partial charge in [-0.05, 0) is 42.0 Å². The zero-order valence-corrected chi connectivity index (χ0v) is 10.8. The van der Waals surface area contributed by atoms with Crippen molar-refractivity contribution in [2.24, 2.45) is 0 Å². The quantitative estimate of drug-likeness (QED) is 0.866. The molecule has 2 nitrogen and oxygen atoms in total. The third-order valence-electron chi connectivity index (χ3n) is 2.82. The van der Waals surface area contributed by atoms with Crippen molar-refractivity contribution in [3.05, 3.63) is 65.5 Å². The first-order valence-corrected chi connectivity index (χ1v) is 6.10. The highest BCUT2D eigenvalue weighted by molar-refractivity contribution is 5.29. The van der Waals surface area contributed by atoms with Gasteiger partial charge < -0.3 is 9.84 Å². The van der Waals surface area contributed by atoms with Gasteiger partial charge in [0.15, 0.2) is 0 Å². The molecule has 0 saturated carbocycles. The van der Waals surface area contributed by atoms with Crippen LogP contribution < -0.4 is 4.74 Å². The van der Waals surface area contributed by atoms with E-state index in [1.807, 2.05) is 0 Å². The first-order chi connectivity index (χ1) is 9.86. The van der Waals surface area contributed by atoms with Gasteiger partial charge in [-0.1, -0.05) is 12.1 Å². The molecule has 0 aliphatic carbocycles. The molecule has 2 rings (SSSR count). The summed E-state index contributed by atoms with van der Waals surface area (Å²) in [4.78, 5) is 0. The minimum atomic E-state index is -4.40. The largest absolute Gasteiger partial charge is 0.491 e. The molecule has 0 fully saturated rings. The number of aliphatic hydroxyl groups excluding tert-OH is 1. The molecule has 0 amide bonds. The van der Waals surface area contributed by atoms with Crippen LogP contribution in [-0.4, -0.2) is 11.7 Å². The molecule has 2 aromatic rings. The van der Waals surface area contributed by atoms with E-state index in [2.05, 4.69) is 0 Å². The Balaban J connectivity index is 1.97. The lowest BCUT2D eigenvalue weighted by Crippen LogP contribution is -2.10. The summed E-state index contributed by atoms with van der Waals surface area (Å²) in [6.45, 7) is -0.186. The van der Waals surface area contributed by atoms with Gasteiger partial charge in [-0.2, -0.15) is 13.2 Å². The van der Waals surface area contributed by atoms with Crippen LogP contribution in [-0.2, 0) is 6.18 Å². The van der Waals surface area contributed by atoms with E-state index >= 15 is 0 Å². The van der Waals surface area contributed by atoms with Gasteiger partial charge in [-0.15, -0.1) is 0 Å². The second kappa shape index (κ2) is 6.13. The Morgan fingerprint density at radius 3 is 2.29 bits per heavy atom. The molecule has 0 aromatic heterocycles. The monoisotopic (exact) mass is 300 g/mol. The number of alkyl halides is 3. The Morgan fingerprint density at radius 1 is 1.05 bits per heavy atom. The number of halogens is 4. The summed E-state index contributed by atoms with van der Waals surface area (Å²) < 4.78 is 55.3. The number of rotatable bonds is 4. The predicted octanol–water partition coefficient (Wildman–Crippen LogP) is 3.96. The lowest BCUT2D eigenvalue weighted by atomic mass is 10.1. The zero-order valence-electron chi connectivity index (χ0n) is 10.8. The van der Waals surface area contributed by atoms with Crippen LogP contribution in [0.25, 0.3) is 0 Å². The van der Waals surface area contributed by atoms with Crippen LogP contribution in [0, 0.1) is 5.82 Å². The van der Waals surface area contributed by atoms with Crippen molar-refractivity contribution in [2.45, 2.75) is 12.3 Å². The SMILES string of the molecule is OC(COc1ccc(C(F)(F)F)cc1)c1cccc(F)c1. The van der Waals surface area contributed by atoms with E-state index in [0.717, 1.165) is 12.1 Å². The molecule has 112 valence electrons. The van der Waals surface area contributed by atoms with Crippen molar-refractivity contribution in [3.63, 3.8) is 0 Å². The van der Waals surface area contributed by atoms with Crippen LogP contribution >= 0.6 is 0 Å². The Kier molecular flexibility index (Phi) is 4.47. The van der Waals surface area contributed by atoms with Crippen molar-refractivity contribution in [3.8, 4) is 5.75 Å². The highest BCUT2D eigenvalue weighted by atomic mass is 19.4. The number of ether oxygens (including phenoxy) is 1. The summed E-state index contributed by atoms with van der Waals surface area (Å²) in [6.07, 6.45) is -5.47. The molecule has 1 atom stereocenters. The van der Waals surface area contributed by atoms with Crippen molar-refractivity contribution < 1.29 is 27.4 Å². The summed E-state index contributed by atoms with van der Waals surface area (Å²) >= 11 is 0. The van der Waals surface area contributed by atoms with Crippen molar-refractivity contribution in [2.75, 3.05) is 6.61 Å². The Hall–Kier alpha value is -2.08. The highest BCUT2D eigenvalue weighted by Crippen LogP contribution is 2.30. The smallest absolute Gasteiger partial charge is 0.416 e. The third kappa shape index (κ3) is 4.19. The van der Waals surface area contributed by atoms with E-state index < -0.39 is 23.7 Å². The van der Waals surface area contributed by atoms with Crippen LogP contribution in [0.3, 0.4) is 0 Å².